The molecule has 19 heavy (non-hydrogen) atoms. The molecule has 0 atom stereocenters. The molecule has 0 saturated heterocycles. The first-order chi connectivity index (χ1) is 9.10. The van der Waals surface area contributed by atoms with Crippen LogP contribution in [0.5, 0.6) is 0 Å². The van der Waals surface area contributed by atoms with Gasteiger partial charge in [-0.3, -0.25) is 4.79 Å². The lowest BCUT2D eigenvalue weighted by molar-refractivity contribution is 0.0994. The number of carbonyl (C=O) groups is 1. The van der Waals surface area contributed by atoms with Crippen LogP contribution in [0.4, 0.5) is 0 Å². The highest BCUT2D eigenvalue weighted by Gasteiger charge is 2.09. The van der Waals surface area contributed by atoms with Crippen LogP contribution in [0.25, 0.3) is 0 Å². The van der Waals surface area contributed by atoms with Crippen LogP contribution >= 0.6 is 11.3 Å². The van der Waals surface area contributed by atoms with Crippen LogP contribution in [0.2, 0.25) is 0 Å². The second kappa shape index (κ2) is 6.16. The molecule has 0 saturated carbocycles. The summed E-state index contributed by atoms with van der Waals surface area (Å²) in [6, 6.07) is 12.2. The van der Waals surface area contributed by atoms with Crippen molar-refractivity contribution in [2.45, 2.75) is 39.5 Å². The van der Waals surface area contributed by atoms with E-state index in [-0.39, 0.29) is 5.78 Å². The minimum Gasteiger partial charge on any atom is -0.294 e. The summed E-state index contributed by atoms with van der Waals surface area (Å²) in [5, 5.41) is 0. The maximum absolute atomic E-state index is 12.2. The smallest absolute Gasteiger partial charge is 0.168 e. The van der Waals surface area contributed by atoms with Gasteiger partial charge < -0.3 is 0 Å². The summed E-state index contributed by atoms with van der Waals surface area (Å²) >= 11 is 1.74. The number of Topliss-reactive ketones (excluding diaryl/α,β-unsaturated/α-hetero) is 1. The van der Waals surface area contributed by atoms with Gasteiger partial charge in [-0.2, -0.15) is 0 Å². The molecule has 0 spiro atoms. The van der Waals surface area contributed by atoms with E-state index in [1.54, 1.807) is 11.3 Å². The minimum absolute atomic E-state index is 0.208. The monoisotopic (exact) mass is 272 g/mol. The van der Waals surface area contributed by atoms with Crippen LogP contribution in [-0.2, 0) is 12.8 Å². The molecule has 0 aliphatic rings. The van der Waals surface area contributed by atoms with Gasteiger partial charge in [0.05, 0.1) is 0 Å². The number of carbonyl (C=O) groups excluding carboxylic acids is 1. The van der Waals surface area contributed by atoms with Gasteiger partial charge in [-0.05, 0) is 30.0 Å². The van der Waals surface area contributed by atoms with E-state index in [0.29, 0.717) is 12.3 Å². The number of hydrogen-bond donors (Lipinski definition) is 0. The Morgan fingerprint density at radius 2 is 1.68 bits per heavy atom. The summed E-state index contributed by atoms with van der Waals surface area (Å²) < 4.78 is 0. The number of aryl methyl sites for hydroxylation is 1. The normalized spacial score (nSPS) is 10.9. The Kier molecular flexibility index (Phi) is 4.54. The van der Waals surface area contributed by atoms with Gasteiger partial charge in [0.25, 0.3) is 0 Å². The Bertz CT molecular complexity index is 549. The molecule has 0 unspecified atom stereocenters. The summed E-state index contributed by atoms with van der Waals surface area (Å²) in [6.45, 7) is 6.46. The predicted molar refractivity (Wildman–Crippen MR) is 82.3 cm³/mol. The van der Waals surface area contributed by atoms with Crippen LogP contribution in [0.3, 0.4) is 0 Å². The zero-order chi connectivity index (χ0) is 13.8. The van der Waals surface area contributed by atoms with E-state index in [4.69, 9.17) is 0 Å². The second-order valence-electron chi connectivity index (χ2n) is 5.10. The van der Waals surface area contributed by atoms with Crippen molar-refractivity contribution < 1.29 is 4.79 Å². The Hall–Kier alpha value is -1.41. The first kappa shape index (κ1) is 14.0. The van der Waals surface area contributed by atoms with Gasteiger partial charge >= 0.3 is 0 Å². The number of ketones is 1. The molecule has 2 rings (SSSR count). The van der Waals surface area contributed by atoms with Crippen LogP contribution in [0.15, 0.2) is 36.4 Å². The lowest BCUT2D eigenvalue weighted by Gasteiger charge is -2.06. The van der Waals surface area contributed by atoms with Gasteiger partial charge in [0.1, 0.15) is 0 Å². The summed E-state index contributed by atoms with van der Waals surface area (Å²) in [5.74, 6) is 0.716. The standard InChI is InChI=1S/C17H20OS/c1-4-15-9-10-16(19-15)11-17(18)14-7-5-13(6-8-14)12(2)3/h5-10,12H,4,11H2,1-3H3. The van der Waals surface area contributed by atoms with E-state index in [1.165, 1.54) is 10.4 Å². The highest BCUT2D eigenvalue weighted by atomic mass is 32.1. The van der Waals surface area contributed by atoms with Gasteiger partial charge in [-0.15, -0.1) is 11.3 Å². The quantitative estimate of drug-likeness (QED) is 0.710. The van der Waals surface area contributed by atoms with Gasteiger partial charge in [0, 0.05) is 21.7 Å². The third-order valence-corrected chi connectivity index (χ3v) is 4.53. The molecule has 0 bridgehead atoms. The summed E-state index contributed by atoms with van der Waals surface area (Å²) in [5.41, 5.74) is 2.09. The fourth-order valence-electron chi connectivity index (χ4n) is 2.02. The molecular weight excluding hydrogens is 252 g/mol. The topological polar surface area (TPSA) is 17.1 Å². The number of thiophene rings is 1. The van der Waals surface area contributed by atoms with E-state index in [0.717, 1.165) is 16.9 Å². The van der Waals surface area contributed by atoms with E-state index >= 15 is 0 Å². The third-order valence-electron chi connectivity index (χ3n) is 3.30. The molecule has 100 valence electrons. The molecule has 1 aromatic carbocycles. The van der Waals surface area contributed by atoms with Crippen molar-refractivity contribution in [2.24, 2.45) is 0 Å². The average molecular weight is 272 g/mol. The Morgan fingerprint density at radius 3 is 2.21 bits per heavy atom. The SMILES string of the molecule is CCc1ccc(CC(=O)c2ccc(C(C)C)cc2)s1. The third kappa shape index (κ3) is 3.54. The number of hydrogen-bond acceptors (Lipinski definition) is 2. The van der Waals surface area contributed by atoms with Crippen molar-refractivity contribution in [3.63, 3.8) is 0 Å². The van der Waals surface area contributed by atoms with Crippen molar-refractivity contribution in [3.05, 3.63) is 57.3 Å². The van der Waals surface area contributed by atoms with Gasteiger partial charge in [0.15, 0.2) is 5.78 Å². The molecule has 0 N–H and O–H groups in total. The highest BCUT2D eigenvalue weighted by molar-refractivity contribution is 7.12. The second-order valence-corrected chi connectivity index (χ2v) is 6.35. The first-order valence-electron chi connectivity index (χ1n) is 6.81. The minimum atomic E-state index is 0.208. The van der Waals surface area contributed by atoms with Gasteiger partial charge in [0.2, 0.25) is 0 Å². The first-order valence-corrected chi connectivity index (χ1v) is 7.62. The molecule has 0 fully saturated rings. The zero-order valence-corrected chi connectivity index (χ0v) is 12.6. The van der Waals surface area contributed by atoms with E-state index in [2.05, 4.69) is 45.0 Å². The van der Waals surface area contributed by atoms with Crippen molar-refractivity contribution in [1.29, 1.82) is 0 Å². The van der Waals surface area contributed by atoms with Gasteiger partial charge in [-0.1, -0.05) is 45.0 Å². The van der Waals surface area contributed by atoms with E-state index in [1.807, 2.05) is 12.1 Å². The van der Waals surface area contributed by atoms with E-state index < -0.39 is 0 Å². The van der Waals surface area contributed by atoms with Crippen molar-refractivity contribution in [1.82, 2.24) is 0 Å². The molecule has 0 aliphatic carbocycles. The maximum Gasteiger partial charge on any atom is 0.168 e. The molecule has 0 radical (unpaired) electrons. The zero-order valence-electron chi connectivity index (χ0n) is 11.8. The largest absolute Gasteiger partial charge is 0.294 e. The molecule has 2 heteroatoms. The number of benzene rings is 1. The van der Waals surface area contributed by atoms with Crippen LogP contribution < -0.4 is 0 Å². The Balaban J connectivity index is 2.07. The summed E-state index contributed by atoms with van der Waals surface area (Å²) in [6.07, 6.45) is 1.56. The molecule has 1 aromatic heterocycles. The van der Waals surface area contributed by atoms with Gasteiger partial charge in [-0.25, -0.2) is 0 Å². The molecular formula is C17H20OS. The Labute approximate surface area is 119 Å². The summed E-state index contributed by atoms with van der Waals surface area (Å²) in [4.78, 5) is 14.7. The lowest BCUT2D eigenvalue weighted by Crippen LogP contribution is -2.02. The Morgan fingerprint density at radius 1 is 1.05 bits per heavy atom. The molecule has 0 amide bonds. The molecule has 2 aromatic rings. The fourth-order valence-corrected chi connectivity index (χ4v) is 2.98. The average Bonchev–Trinajstić information content (AvgIpc) is 2.86. The van der Waals surface area contributed by atoms with Crippen LogP contribution in [0, 0.1) is 0 Å². The van der Waals surface area contributed by atoms with Crippen LogP contribution in [-0.4, -0.2) is 5.78 Å². The molecule has 1 nitrogen and oxygen atoms in total. The van der Waals surface area contributed by atoms with Crippen molar-refractivity contribution in [2.75, 3.05) is 0 Å². The van der Waals surface area contributed by atoms with E-state index in [9.17, 15) is 4.79 Å². The molecule has 0 aliphatic heterocycles. The number of rotatable bonds is 5. The fraction of sp³-hybridized carbons (Fsp3) is 0.353. The lowest BCUT2D eigenvalue weighted by atomic mass is 9.99. The molecule has 1 heterocycles. The predicted octanol–water partition coefficient (Wildman–Crippen LogP) is 4.86. The summed E-state index contributed by atoms with van der Waals surface area (Å²) in [7, 11) is 0. The van der Waals surface area contributed by atoms with Crippen LogP contribution in [0.1, 0.15) is 52.4 Å². The maximum atomic E-state index is 12.2. The highest BCUT2D eigenvalue weighted by Crippen LogP contribution is 2.20. The van der Waals surface area contributed by atoms with Crippen molar-refractivity contribution in [3.8, 4) is 0 Å². The van der Waals surface area contributed by atoms with Crippen molar-refractivity contribution >= 4 is 17.1 Å².